The number of fused-ring (bicyclic) bond motifs is 1. The van der Waals surface area contributed by atoms with Crippen LogP contribution < -0.4 is 10.2 Å². The van der Waals surface area contributed by atoms with Gasteiger partial charge in [0, 0.05) is 24.0 Å². The molecule has 1 fully saturated rings. The van der Waals surface area contributed by atoms with E-state index in [0.717, 1.165) is 32.5 Å². The fraction of sp³-hybridized carbons (Fsp3) is 0.812. The van der Waals surface area contributed by atoms with Crippen LogP contribution in [0.25, 0.3) is 0 Å². The molecule has 1 aromatic heterocycles. The van der Waals surface area contributed by atoms with Gasteiger partial charge in [0.1, 0.15) is 0 Å². The van der Waals surface area contributed by atoms with Gasteiger partial charge in [-0.05, 0) is 31.7 Å². The number of nitrogens with zero attached hydrogens (tertiary/aromatic N) is 2. The van der Waals surface area contributed by atoms with Crippen molar-refractivity contribution in [3.8, 4) is 0 Å². The molecule has 3 rings (SSSR count). The Labute approximate surface area is 131 Å². The summed E-state index contributed by atoms with van der Waals surface area (Å²) in [5, 5.41) is 4.67. The number of hydrogen-bond acceptors (Lipinski definition) is 5. The Kier molecular flexibility index (Phi) is 4.26. The summed E-state index contributed by atoms with van der Waals surface area (Å²) in [4.78, 5) is 8.85. The zero-order chi connectivity index (χ0) is 15.0. The summed E-state index contributed by atoms with van der Waals surface area (Å²) in [6.07, 6.45) is 3.72. The lowest BCUT2D eigenvalue weighted by Crippen LogP contribution is -2.42. The van der Waals surface area contributed by atoms with Crippen LogP contribution in [-0.2, 0) is 11.2 Å². The summed E-state index contributed by atoms with van der Waals surface area (Å²) in [7, 11) is 2.07. The Hall–Kier alpha value is -0.650. The van der Waals surface area contributed by atoms with E-state index in [-0.39, 0.29) is 0 Å². The van der Waals surface area contributed by atoms with Crippen molar-refractivity contribution in [1.29, 1.82) is 0 Å². The summed E-state index contributed by atoms with van der Waals surface area (Å²) in [5.41, 5.74) is 1.65. The van der Waals surface area contributed by atoms with Crippen LogP contribution >= 0.6 is 11.3 Å². The van der Waals surface area contributed by atoms with Gasteiger partial charge < -0.3 is 15.0 Å². The third-order valence-electron chi connectivity index (χ3n) is 4.65. The molecule has 2 unspecified atom stereocenters. The third-order valence-corrected chi connectivity index (χ3v) is 5.92. The molecule has 0 bridgehead atoms. The monoisotopic (exact) mass is 309 g/mol. The van der Waals surface area contributed by atoms with Crippen LogP contribution in [0.3, 0.4) is 0 Å². The maximum absolute atomic E-state index is 5.78. The van der Waals surface area contributed by atoms with Gasteiger partial charge in [-0.25, -0.2) is 4.98 Å². The smallest absolute Gasteiger partial charge is 0.186 e. The molecule has 2 heterocycles. The summed E-state index contributed by atoms with van der Waals surface area (Å²) in [5.74, 6) is 0. The first kappa shape index (κ1) is 15.3. The van der Waals surface area contributed by atoms with Crippen molar-refractivity contribution < 1.29 is 4.74 Å². The maximum atomic E-state index is 5.78. The summed E-state index contributed by atoms with van der Waals surface area (Å²) >= 11 is 1.88. The molecule has 21 heavy (non-hydrogen) atoms. The summed E-state index contributed by atoms with van der Waals surface area (Å²) < 4.78 is 5.78. The van der Waals surface area contributed by atoms with E-state index in [0.29, 0.717) is 17.6 Å². The van der Waals surface area contributed by atoms with Crippen LogP contribution in [-0.4, -0.2) is 37.8 Å². The lowest BCUT2D eigenvalue weighted by atomic mass is 9.76. The predicted molar refractivity (Wildman–Crippen MR) is 88.3 cm³/mol. The van der Waals surface area contributed by atoms with Crippen LogP contribution in [0.4, 0.5) is 5.13 Å². The Morgan fingerprint density at radius 2 is 2.29 bits per heavy atom. The Morgan fingerprint density at radius 1 is 1.48 bits per heavy atom. The van der Waals surface area contributed by atoms with E-state index in [1.54, 1.807) is 0 Å². The molecule has 2 aliphatic rings. The first-order valence-corrected chi connectivity index (χ1v) is 8.87. The maximum Gasteiger partial charge on any atom is 0.186 e. The molecule has 1 N–H and O–H groups in total. The van der Waals surface area contributed by atoms with Crippen molar-refractivity contribution >= 4 is 16.5 Å². The molecule has 0 spiro atoms. The van der Waals surface area contributed by atoms with Gasteiger partial charge in [0.05, 0.1) is 18.4 Å². The van der Waals surface area contributed by atoms with Gasteiger partial charge in [0.2, 0.25) is 0 Å². The van der Waals surface area contributed by atoms with E-state index in [2.05, 4.69) is 38.0 Å². The minimum absolute atomic E-state index is 0.336. The van der Waals surface area contributed by atoms with E-state index in [1.165, 1.54) is 22.1 Å². The van der Waals surface area contributed by atoms with Crippen molar-refractivity contribution in [2.45, 2.75) is 52.2 Å². The quantitative estimate of drug-likeness (QED) is 0.931. The molecule has 0 amide bonds. The molecule has 0 radical (unpaired) electrons. The Morgan fingerprint density at radius 3 is 3.00 bits per heavy atom. The van der Waals surface area contributed by atoms with Crippen LogP contribution in [0.15, 0.2) is 0 Å². The lowest BCUT2D eigenvalue weighted by molar-refractivity contribution is 0.0384. The highest BCUT2D eigenvalue weighted by molar-refractivity contribution is 7.15. The normalized spacial score (nSPS) is 28.5. The van der Waals surface area contributed by atoms with Crippen LogP contribution in [0, 0.1) is 5.41 Å². The first-order chi connectivity index (χ1) is 10.0. The second-order valence-electron chi connectivity index (χ2n) is 7.04. The molecule has 5 heteroatoms. The number of nitrogens with one attached hydrogen (secondary N) is 1. The fourth-order valence-electron chi connectivity index (χ4n) is 3.43. The highest BCUT2D eigenvalue weighted by atomic mass is 32.1. The van der Waals surface area contributed by atoms with Crippen LogP contribution in [0.5, 0.6) is 0 Å². The van der Waals surface area contributed by atoms with Gasteiger partial charge in [-0.1, -0.05) is 32.1 Å². The largest absolute Gasteiger partial charge is 0.375 e. The standard InChI is InChI=1S/C16H27N3OS/c1-5-11-10-19(6-7-20-11)15-18-13-9-16(2,3)8-12(17-4)14(13)21-15/h11-12,17H,5-10H2,1-4H3. The number of ether oxygens (including phenoxy) is 1. The molecular formula is C16H27N3OS. The van der Waals surface area contributed by atoms with E-state index in [4.69, 9.17) is 9.72 Å². The SMILES string of the molecule is CCC1CN(c2nc3c(s2)C(NC)CC(C)(C)C3)CCO1. The molecule has 1 aliphatic heterocycles. The van der Waals surface area contributed by atoms with Crippen molar-refractivity contribution in [1.82, 2.24) is 10.3 Å². The molecular weight excluding hydrogens is 282 g/mol. The van der Waals surface area contributed by atoms with E-state index < -0.39 is 0 Å². The molecule has 2 atom stereocenters. The predicted octanol–water partition coefficient (Wildman–Crippen LogP) is 2.99. The zero-order valence-corrected chi connectivity index (χ0v) is 14.4. The number of rotatable bonds is 3. The molecule has 0 aromatic carbocycles. The third kappa shape index (κ3) is 3.10. The second-order valence-corrected chi connectivity index (χ2v) is 8.05. The minimum atomic E-state index is 0.336. The van der Waals surface area contributed by atoms with Crippen molar-refractivity contribution in [3.63, 3.8) is 0 Å². The molecule has 118 valence electrons. The van der Waals surface area contributed by atoms with Gasteiger partial charge in [-0.2, -0.15) is 0 Å². The van der Waals surface area contributed by atoms with Gasteiger partial charge in [0.25, 0.3) is 0 Å². The van der Waals surface area contributed by atoms with E-state index in [9.17, 15) is 0 Å². The average molecular weight is 309 g/mol. The molecule has 1 aliphatic carbocycles. The van der Waals surface area contributed by atoms with Crippen molar-refractivity contribution in [2.24, 2.45) is 5.41 Å². The number of anilines is 1. The van der Waals surface area contributed by atoms with Crippen molar-refractivity contribution in [3.05, 3.63) is 10.6 Å². The zero-order valence-electron chi connectivity index (χ0n) is 13.6. The molecule has 1 aromatic rings. The molecule has 4 nitrogen and oxygen atoms in total. The van der Waals surface area contributed by atoms with E-state index in [1.807, 2.05) is 11.3 Å². The number of morpholine rings is 1. The number of hydrogen-bond donors (Lipinski definition) is 1. The minimum Gasteiger partial charge on any atom is -0.375 e. The van der Waals surface area contributed by atoms with Gasteiger partial charge >= 0.3 is 0 Å². The highest BCUT2D eigenvalue weighted by Crippen LogP contribution is 2.44. The molecule has 0 saturated carbocycles. The highest BCUT2D eigenvalue weighted by Gasteiger charge is 2.35. The van der Waals surface area contributed by atoms with Gasteiger partial charge in [-0.3, -0.25) is 0 Å². The van der Waals surface area contributed by atoms with E-state index >= 15 is 0 Å². The number of aromatic nitrogens is 1. The Balaban J connectivity index is 1.84. The second kappa shape index (κ2) is 5.86. The fourth-order valence-corrected chi connectivity index (χ4v) is 4.66. The van der Waals surface area contributed by atoms with Crippen LogP contribution in [0.1, 0.15) is 50.2 Å². The topological polar surface area (TPSA) is 37.4 Å². The van der Waals surface area contributed by atoms with Gasteiger partial charge in [0.15, 0.2) is 5.13 Å². The summed E-state index contributed by atoms with van der Waals surface area (Å²) in [6.45, 7) is 9.67. The first-order valence-electron chi connectivity index (χ1n) is 8.06. The van der Waals surface area contributed by atoms with Crippen molar-refractivity contribution in [2.75, 3.05) is 31.6 Å². The van der Waals surface area contributed by atoms with Gasteiger partial charge in [-0.15, -0.1) is 0 Å². The number of thiazole rings is 1. The molecule has 1 saturated heterocycles. The lowest BCUT2D eigenvalue weighted by Gasteiger charge is -2.34. The van der Waals surface area contributed by atoms with Crippen LogP contribution in [0.2, 0.25) is 0 Å². The average Bonchev–Trinajstić information content (AvgIpc) is 2.89. The summed E-state index contributed by atoms with van der Waals surface area (Å²) in [6, 6.07) is 0.456. The Bertz CT molecular complexity index is 500.